The maximum Gasteiger partial charge on any atom is 0.222 e. The van der Waals surface area contributed by atoms with Gasteiger partial charge in [0.15, 0.2) is 0 Å². The molecule has 1 heterocycles. The molecule has 1 saturated carbocycles. The van der Waals surface area contributed by atoms with Crippen molar-refractivity contribution in [1.29, 1.82) is 0 Å². The molecule has 0 radical (unpaired) electrons. The lowest BCUT2D eigenvalue weighted by Gasteiger charge is -2.27. The fraction of sp³-hybridized carbons (Fsp3) is 0.533. The molecule has 3 nitrogen and oxygen atoms in total. The first-order valence-corrected chi connectivity index (χ1v) is 7.57. The third kappa shape index (κ3) is 4.09. The Balaban J connectivity index is 1.85. The fourth-order valence-corrected chi connectivity index (χ4v) is 2.97. The molecule has 2 rings (SSSR count). The predicted molar refractivity (Wildman–Crippen MR) is 78.7 cm³/mol. The van der Waals surface area contributed by atoms with Crippen molar-refractivity contribution in [3.8, 4) is 11.8 Å². The first-order valence-electron chi connectivity index (χ1n) is 6.69. The van der Waals surface area contributed by atoms with Crippen molar-refractivity contribution in [2.75, 3.05) is 13.6 Å². The Morgan fingerprint density at radius 1 is 1.58 bits per heavy atom. The van der Waals surface area contributed by atoms with Crippen molar-refractivity contribution in [1.82, 2.24) is 4.90 Å². The van der Waals surface area contributed by atoms with E-state index in [-0.39, 0.29) is 5.91 Å². The van der Waals surface area contributed by atoms with Gasteiger partial charge in [0.25, 0.3) is 0 Å². The summed E-state index contributed by atoms with van der Waals surface area (Å²) in [5, 5.41) is 2.02. The van der Waals surface area contributed by atoms with Crippen molar-refractivity contribution in [3.05, 3.63) is 21.9 Å². The minimum Gasteiger partial charge on any atom is -0.341 e. The number of carbonyl (C=O) groups excluding carboxylic acids is 1. The second kappa shape index (κ2) is 6.74. The monoisotopic (exact) mass is 276 g/mol. The molecule has 0 unspecified atom stereocenters. The van der Waals surface area contributed by atoms with Gasteiger partial charge >= 0.3 is 0 Å². The molecule has 1 aromatic heterocycles. The summed E-state index contributed by atoms with van der Waals surface area (Å²) in [7, 11) is 1.88. The molecule has 1 fully saturated rings. The van der Waals surface area contributed by atoms with Crippen LogP contribution in [0, 0.1) is 17.8 Å². The number of hydrogen-bond acceptors (Lipinski definition) is 3. The van der Waals surface area contributed by atoms with Crippen LogP contribution in [0.15, 0.2) is 11.4 Å². The molecule has 0 saturated heterocycles. The van der Waals surface area contributed by atoms with E-state index in [2.05, 4.69) is 11.8 Å². The zero-order valence-corrected chi connectivity index (χ0v) is 12.1. The first kappa shape index (κ1) is 14.1. The molecule has 0 bridgehead atoms. The maximum absolute atomic E-state index is 12.0. The normalized spacial score (nSPS) is 14.4. The lowest BCUT2D eigenvalue weighted by molar-refractivity contribution is -0.132. The smallest absolute Gasteiger partial charge is 0.222 e. The van der Waals surface area contributed by atoms with E-state index >= 15 is 0 Å². The minimum absolute atomic E-state index is 0.257. The lowest BCUT2D eigenvalue weighted by Crippen LogP contribution is -2.29. The van der Waals surface area contributed by atoms with Crippen molar-refractivity contribution in [3.63, 3.8) is 0 Å². The van der Waals surface area contributed by atoms with Crippen molar-refractivity contribution >= 4 is 17.2 Å². The van der Waals surface area contributed by atoms with Crippen LogP contribution < -0.4 is 5.73 Å². The van der Waals surface area contributed by atoms with Gasteiger partial charge < -0.3 is 10.6 Å². The third-order valence-corrected chi connectivity index (χ3v) is 4.42. The largest absolute Gasteiger partial charge is 0.341 e. The van der Waals surface area contributed by atoms with Crippen LogP contribution in [0.2, 0.25) is 0 Å². The lowest BCUT2D eigenvalue weighted by atomic mass is 9.83. The van der Waals surface area contributed by atoms with Gasteiger partial charge in [-0.2, -0.15) is 0 Å². The van der Waals surface area contributed by atoms with E-state index in [1.807, 2.05) is 23.4 Å². The van der Waals surface area contributed by atoms with Gasteiger partial charge in [-0.15, -0.1) is 11.3 Å². The molecule has 1 amide bonds. The zero-order valence-electron chi connectivity index (χ0n) is 11.3. The van der Waals surface area contributed by atoms with E-state index in [9.17, 15) is 4.79 Å². The molecule has 0 aliphatic heterocycles. The summed E-state index contributed by atoms with van der Waals surface area (Å²) in [6.07, 6.45) is 4.44. The van der Waals surface area contributed by atoms with Gasteiger partial charge in [0.2, 0.25) is 5.91 Å². The minimum atomic E-state index is 0.257. The number of carbonyl (C=O) groups is 1. The number of amides is 1. The van der Waals surface area contributed by atoms with Crippen LogP contribution in [0.5, 0.6) is 0 Å². The van der Waals surface area contributed by atoms with Crippen LogP contribution in [-0.2, 0) is 11.3 Å². The van der Waals surface area contributed by atoms with Crippen LogP contribution in [0.4, 0.5) is 0 Å². The number of nitrogens with two attached hydrogens (primary N) is 1. The summed E-state index contributed by atoms with van der Waals surface area (Å²) in [4.78, 5) is 15.0. The van der Waals surface area contributed by atoms with E-state index < -0.39 is 0 Å². The van der Waals surface area contributed by atoms with Gasteiger partial charge in [-0.3, -0.25) is 4.79 Å². The topological polar surface area (TPSA) is 46.3 Å². The highest BCUT2D eigenvalue weighted by Crippen LogP contribution is 2.30. The van der Waals surface area contributed by atoms with Crippen molar-refractivity contribution < 1.29 is 4.79 Å². The van der Waals surface area contributed by atoms with E-state index in [4.69, 9.17) is 5.73 Å². The van der Waals surface area contributed by atoms with Crippen molar-refractivity contribution in [2.24, 2.45) is 11.7 Å². The Morgan fingerprint density at radius 2 is 2.37 bits per heavy atom. The van der Waals surface area contributed by atoms with Crippen LogP contribution in [0.3, 0.4) is 0 Å². The van der Waals surface area contributed by atoms with Crippen LogP contribution in [-0.4, -0.2) is 24.4 Å². The standard InChI is InChI=1S/C15H20N2OS/c1-17(15(18)9-12-4-2-5-12)10-14-8-13(11-19-14)6-3-7-16/h8,11-12H,2,4-5,7,9-10,16H2,1H3. The quantitative estimate of drug-likeness (QED) is 0.857. The van der Waals surface area contributed by atoms with Gasteiger partial charge in [-0.25, -0.2) is 0 Å². The summed E-state index contributed by atoms with van der Waals surface area (Å²) in [6.45, 7) is 1.06. The Bertz CT molecular complexity index is 494. The molecule has 0 aromatic carbocycles. The van der Waals surface area contributed by atoms with Gasteiger partial charge in [0.05, 0.1) is 13.1 Å². The average molecular weight is 276 g/mol. The molecule has 1 aliphatic rings. The first-order chi connectivity index (χ1) is 9.19. The summed E-state index contributed by atoms with van der Waals surface area (Å²) >= 11 is 1.65. The highest BCUT2D eigenvalue weighted by molar-refractivity contribution is 7.10. The van der Waals surface area contributed by atoms with Gasteiger partial charge in [0, 0.05) is 29.3 Å². The fourth-order valence-electron chi connectivity index (χ4n) is 2.10. The summed E-state index contributed by atoms with van der Waals surface area (Å²) in [5.74, 6) is 6.73. The Hall–Kier alpha value is -1.31. The highest BCUT2D eigenvalue weighted by Gasteiger charge is 2.22. The third-order valence-electron chi connectivity index (χ3n) is 3.50. The van der Waals surface area contributed by atoms with Crippen LogP contribution in [0.25, 0.3) is 0 Å². The molecular formula is C15H20N2OS. The molecule has 1 aliphatic carbocycles. The molecule has 102 valence electrons. The number of hydrogen-bond donors (Lipinski definition) is 1. The van der Waals surface area contributed by atoms with Gasteiger partial charge in [-0.05, 0) is 24.8 Å². The molecule has 0 atom stereocenters. The Labute approximate surface area is 118 Å². The van der Waals surface area contributed by atoms with Crippen LogP contribution in [0.1, 0.15) is 36.1 Å². The SMILES string of the molecule is CN(Cc1cc(C#CCN)cs1)C(=O)CC1CCC1. The summed E-state index contributed by atoms with van der Waals surface area (Å²) < 4.78 is 0. The van der Waals surface area contributed by atoms with Crippen LogP contribution >= 0.6 is 11.3 Å². The van der Waals surface area contributed by atoms with E-state index in [0.29, 0.717) is 25.4 Å². The molecule has 1 aromatic rings. The predicted octanol–water partition coefficient (Wildman–Crippen LogP) is 2.21. The van der Waals surface area contributed by atoms with E-state index in [0.717, 1.165) is 5.56 Å². The number of nitrogens with zero attached hydrogens (tertiary/aromatic N) is 1. The van der Waals surface area contributed by atoms with Gasteiger partial charge in [0.1, 0.15) is 0 Å². The molecule has 2 N–H and O–H groups in total. The van der Waals surface area contributed by atoms with Crippen molar-refractivity contribution in [2.45, 2.75) is 32.2 Å². The maximum atomic E-state index is 12.0. The zero-order chi connectivity index (χ0) is 13.7. The number of thiophene rings is 1. The van der Waals surface area contributed by atoms with E-state index in [1.165, 1.54) is 24.1 Å². The number of rotatable bonds is 4. The van der Waals surface area contributed by atoms with E-state index in [1.54, 1.807) is 11.3 Å². The second-order valence-electron chi connectivity index (χ2n) is 5.06. The van der Waals surface area contributed by atoms with Gasteiger partial charge in [-0.1, -0.05) is 18.3 Å². The second-order valence-corrected chi connectivity index (χ2v) is 6.05. The molecule has 4 heteroatoms. The Kier molecular flexibility index (Phi) is 5.00. The molecule has 0 spiro atoms. The molecular weight excluding hydrogens is 256 g/mol. The summed E-state index contributed by atoms with van der Waals surface area (Å²) in [5.41, 5.74) is 6.34. The summed E-state index contributed by atoms with van der Waals surface area (Å²) in [6, 6.07) is 2.04. The average Bonchev–Trinajstić information content (AvgIpc) is 2.78. The highest BCUT2D eigenvalue weighted by atomic mass is 32.1. The molecule has 19 heavy (non-hydrogen) atoms. The Morgan fingerprint density at radius 3 is 3.00 bits per heavy atom.